The Bertz CT molecular complexity index is 374. The molecule has 0 bridgehead atoms. The molecule has 1 atom stereocenters. The number of benzene rings is 1. The molecular formula is C12H17NO3S. The van der Waals surface area contributed by atoms with Crippen molar-refractivity contribution in [2.24, 2.45) is 0 Å². The van der Waals surface area contributed by atoms with E-state index in [1.54, 1.807) is 12.1 Å². The molecule has 5 heteroatoms. The van der Waals surface area contributed by atoms with Crippen LogP contribution in [0.2, 0.25) is 0 Å². The summed E-state index contributed by atoms with van der Waals surface area (Å²) in [5, 5.41) is 0. The molecule has 94 valence electrons. The molecule has 2 rings (SSSR count). The molecule has 17 heavy (non-hydrogen) atoms. The smallest absolute Gasteiger partial charge is 0.186 e. The molecule has 1 saturated heterocycles. The molecule has 1 aromatic carbocycles. The topological polar surface area (TPSA) is 49.8 Å². The van der Waals surface area contributed by atoms with Crippen molar-refractivity contribution in [3.05, 3.63) is 29.8 Å². The normalized spacial score (nSPS) is 19.1. The monoisotopic (exact) mass is 255 g/mol. The molecule has 0 radical (unpaired) electrons. The van der Waals surface area contributed by atoms with Crippen LogP contribution < -0.4 is 0 Å². The first-order valence-corrected chi connectivity index (χ1v) is 6.86. The largest absolute Gasteiger partial charge is 0.379 e. The summed E-state index contributed by atoms with van der Waals surface area (Å²) < 4.78 is 25.0. The number of hydrogen-bond acceptors (Lipinski definition) is 3. The predicted octanol–water partition coefficient (Wildman–Crippen LogP) is 1.14. The van der Waals surface area contributed by atoms with Gasteiger partial charge in [0.2, 0.25) is 0 Å². The molecular weight excluding hydrogens is 238 g/mol. The third-order valence-electron chi connectivity index (χ3n) is 2.95. The Morgan fingerprint density at radius 1 is 1.24 bits per heavy atom. The minimum Gasteiger partial charge on any atom is -0.379 e. The second kappa shape index (κ2) is 6.26. The van der Waals surface area contributed by atoms with E-state index in [2.05, 4.69) is 4.90 Å². The van der Waals surface area contributed by atoms with E-state index < -0.39 is 11.1 Å². The SMILES string of the molecule is O=S(O)c1ccc(CCN2CCOCC2)cc1. The summed E-state index contributed by atoms with van der Waals surface area (Å²) in [6, 6.07) is 7.27. The third-order valence-corrected chi connectivity index (χ3v) is 3.62. The van der Waals surface area contributed by atoms with E-state index in [-0.39, 0.29) is 0 Å². The Balaban J connectivity index is 1.84. The second-order valence-electron chi connectivity index (χ2n) is 4.10. The highest BCUT2D eigenvalue weighted by Crippen LogP contribution is 2.09. The van der Waals surface area contributed by atoms with E-state index in [4.69, 9.17) is 9.29 Å². The molecule has 4 nitrogen and oxygen atoms in total. The van der Waals surface area contributed by atoms with Gasteiger partial charge in [0.05, 0.1) is 18.1 Å². The van der Waals surface area contributed by atoms with Crippen LogP contribution in [0.4, 0.5) is 0 Å². The van der Waals surface area contributed by atoms with Crippen LogP contribution in [0.15, 0.2) is 29.2 Å². The lowest BCUT2D eigenvalue weighted by molar-refractivity contribution is 0.0384. The highest BCUT2D eigenvalue weighted by molar-refractivity contribution is 7.79. The van der Waals surface area contributed by atoms with Gasteiger partial charge in [-0.2, -0.15) is 0 Å². The van der Waals surface area contributed by atoms with E-state index >= 15 is 0 Å². The van der Waals surface area contributed by atoms with Gasteiger partial charge in [-0.3, -0.25) is 4.90 Å². The molecule has 1 aromatic rings. The lowest BCUT2D eigenvalue weighted by Gasteiger charge is -2.26. The van der Waals surface area contributed by atoms with Gasteiger partial charge in [0.15, 0.2) is 11.1 Å². The van der Waals surface area contributed by atoms with Crippen LogP contribution >= 0.6 is 0 Å². The van der Waals surface area contributed by atoms with Crippen LogP contribution in [0.1, 0.15) is 5.56 Å². The van der Waals surface area contributed by atoms with Crippen molar-refractivity contribution in [2.75, 3.05) is 32.8 Å². The molecule has 0 saturated carbocycles. The van der Waals surface area contributed by atoms with E-state index in [9.17, 15) is 4.21 Å². The molecule has 1 aliphatic rings. The van der Waals surface area contributed by atoms with Crippen molar-refractivity contribution in [3.8, 4) is 0 Å². The van der Waals surface area contributed by atoms with Gasteiger partial charge in [-0.05, 0) is 24.1 Å². The molecule has 0 aromatic heterocycles. The summed E-state index contributed by atoms with van der Waals surface area (Å²) in [6.07, 6.45) is 0.971. The average Bonchev–Trinajstić information content (AvgIpc) is 2.38. The standard InChI is InChI=1S/C12H17NO3S/c14-17(15)12-3-1-11(2-4-12)5-6-13-7-9-16-10-8-13/h1-4H,5-10H2,(H,14,15). The van der Waals surface area contributed by atoms with Gasteiger partial charge < -0.3 is 9.29 Å². The maximum absolute atomic E-state index is 10.8. The Morgan fingerprint density at radius 3 is 2.47 bits per heavy atom. The van der Waals surface area contributed by atoms with E-state index in [1.807, 2.05) is 12.1 Å². The fourth-order valence-corrected chi connectivity index (χ4v) is 2.25. The third kappa shape index (κ3) is 3.89. The van der Waals surface area contributed by atoms with Crippen LogP contribution in [0.5, 0.6) is 0 Å². The first-order valence-electron chi connectivity index (χ1n) is 5.75. The van der Waals surface area contributed by atoms with Crippen molar-refractivity contribution < 1.29 is 13.5 Å². The maximum atomic E-state index is 10.8. The highest BCUT2D eigenvalue weighted by atomic mass is 32.2. The van der Waals surface area contributed by atoms with Crippen molar-refractivity contribution in [3.63, 3.8) is 0 Å². The minimum absolute atomic E-state index is 0.458. The Morgan fingerprint density at radius 2 is 1.88 bits per heavy atom. The molecule has 1 aliphatic heterocycles. The summed E-state index contributed by atoms with van der Waals surface area (Å²) in [4.78, 5) is 2.84. The molecule has 1 N–H and O–H groups in total. The quantitative estimate of drug-likeness (QED) is 0.820. The summed E-state index contributed by atoms with van der Waals surface area (Å²) in [5.74, 6) is 0. The zero-order chi connectivity index (χ0) is 12.1. The summed E-state index contributed by atoms with van der Waals surface area (Å²) in [5.41, 5.74) is 1.20. The number of morpholine rings is 1. The van der Waals surface area contributed by atoms with Crippen LogP contribution in [-0.2, 0) is 22.2 Å². The van der Waals surface area contributed by atoms with Gasteiger partial charge in [0, 0.05) is 19.6 Å². The molecule has 1 fully saturated rings. The zero-order valence-electron chi connectivity index (χ0n) is 9.67. The molecule has 1 heterocycles. The Hall–Kier alpha value is -0.750. The first kappa shape index (κ1) is 12.7. The van der Waals surface area contributed by atoms with Crippen molar-refractivity contribution >= 4 is 11.1 Å². The fraction of sp³-hybridized carbons (Fsp3) is 0.500. The van der Waals surface area contributed by atoms with E-state index in [0.717, 1.165) is 39.3 Å². The predicted molar refractivity (Wildman–Crippen MR) is 66.4 cm³/mol. The van der Waals surface area contributed by atoms with Crippen molar-refractivity contribution in [2.45, 2.75) is 11.3 Å². The van der Waals surface area contributed by atoms with Crippen LogP contribution in [-0.4, -0.2) is 46.5 Å². The molecule has 0 aliphatic carbocycles. The van der Waals surface area contributed by atoms with Gasteiger partial charge in [-0.25, -0.2) is 4.21 Å². The minimum atomic E-state index is -1.87. The molecule has 0 amide bonds. The summed E-state index contributed by atoms with van der Waals surface area (Å²) in [7, 11) is 0. The van der Waals surface area contributed by atoms with Gasteiger partial charge in [0.25, 0.3) is 0 Å². The number of hydrogen-bond donors (Lipinski definition) is 1. The summed E-state index contributed by atoms with van der Waals surface area (Å²) >= 11 is -1.87. The Labute approximate surface area is 104 Å². The second-order valence-corrected chi connectivity index (χ2v) is 5.07. The van der Waals surface area contributed by atoms with Crippen LogP contribution in [0, 0.1) is 0 Å². The number of rotatable bonds is 4. The lowest BCUT2D eigenvalue weighted by atomic mass is 10.1. The summed E-state index contributed by atoms with van der Waals surface area (Å²) in [6.45, 7) is 4.66. The number of ether oxygens (including phenoxy) is 1. The Kier molecular flexibility index (Phi) is 4.67. The lowest BCUT2D eigenvalue weighted by Crippen LogP contribution is -2.37. The van der Waals surface area contributed by atoms with Gasteiger partial charge in [-0.1, -0.05) is 12.1 Å². The van der Waals surface area contributed by atoms with E-state index in [0.29, 0.717) is 4.90 Å². The van der Waals surface area contributed by atoms with Crippen molar-refractivity contribution in [1.29, 1.82) is 0 Å². The highest BCUT2D eigenvalue weighted by Gasteiger charge is 2.09. The fourth-order valence-electron chi connectivity index (χ4n) is 1.88. The van der Waals surface area contributed by atoms with Gasteiger partial charge in [-0.15, -0.1) is 0 Å². The van der Waals surface area contributed by atoms with Gasteiger partial charge in [0.1, 0.15) is 0 Å². The van der Waals surface area contributed by atoms with E-state index in [1.165, 1.54) is 5.56 Å². The first-order chi connectivity index (χ1) is 8.25. The van der Waals surface area contributed by atoms with Crippen LogP contribution in [0.25, 0.3) is 0 Å². The van der Waals surface area contributed by atoms with Gasteiger partial charge >= 0.3 is 0 Å². The maximum Gasteiger partial charge on any atom is 0.186 e. The van der Waals surface area contributed by atoms with Crippen molar-refractivity contribution in [1.82, 2.24) is 4.90 Å². The number of nitrogens with zero attached hydrogens (tertiary/aromatic N) is 1. The van der Waals surface area contributed by atoms with Crippen LogP contribution in [0.3, 0.4) is 0 Å². The molecule has 1 unspecified atom stereocenters. The average molecular weight is 255 g/mol. The zero-order valence-corrected chi connectivity index (χ0v) is 10.5. The molecule has 0 spiro atoms.